The summed E-state index contributed by atoms with van der Waals surface area (Å²) in [6.07, 6.45) is 4.78. The smallest absolute Gasteiger partial charge is 0.170 e. The average molecular weight is 423 g/mol. The van der Waals surface area contributed by atoms with Gasteiger partial charge in [-0.25, -0.2) is 0 Å². The van der Waals surface area contributed by atoms with Crippen LogP contribution in [0, 0.1) is 0 Å². The Bertz CT molecular complexity index is 992. The highest BCUT2D eigenvalue weighted by atomic mass is 32.1. The molecule has 3 heterocycles. The van der Waals surface area contributed by atoms with Crippen molar-refractivity contribution in [3.05, 3.63) is 78.4 Å². The van der Waals surface area contributed by atoms with Gasteiger partial charge in [0.1, 0.15) is 5.75 Å². The lowest BCUT2D eigenvalue weighted by molar-refractivity contribution is 0.180. The van der Waals surface area contributed by atoms with Crippen LogP contribution in [0.15, 0.2) is 67.0 Å². The third kappa shape index (κ3) is 3.91. The Labute approximate surface area is 182 Å². The van der Waals surface area contributed by atoms with Gasteiger partial charge in [0.2, 0.25) is 0 Å². The predicted molar refractivity (Wildman–Crippen MR) is 121 cm³/mol. The second-order valence-corrected chi connectivity index (χ2v) is 7.53. The molecular weight excluding hydrogens is 396 g/mol. The Morgan fingerprint density at radius 2 is 1.90 bits per heavy atom. The van der Waals surface area contributed by atoms with Crippen LogP contribution >= 0.6 is 12.2 Å². The number of pyridine rings is 1. The third-order valence-electron chi connectivity index (χ3n) is 5.37. The summed E-state index contributed by atoms with van der Waals surface area (Å²) >= 11 is 5.74. The van der Waals surface area contributed by atoms with Crippen LogP contribution in [0.4, 0.5) is 0 Å². The van der Waals surface area contributed by atoms with E-state index in [1.54, 1.807) is 14.2 Å². The normalized spacial score (nSPS) is 18.5. The summed E-state index contributed by atoms with van der Waals surface area (Å²) in [6.45, 7) is 1.48. The van der Waals surface area contributed by atoms with Crippen molar-refractivity contribution in [2.75, 3.05) is 27.4 Å². The van der Waals surface area contributed by atoms with E-state index in [2.05, 4.69) is 44.2 Å². The Kier molecular flexibility index (Phi) is 6.30. The highest BCUT2D eigenvalue weighted by Gasteiger charge is 2.41. The molecule has 30 heavy (non-hydrogen) atoms. The number of hydrogen-bond acceptors (Lipinski definition) is 4. The van der Waals surface area contributed by atoms with E-state index in [1.165, 1.54) is 0 Å². The van der Waals surface area contributed by atoms with Crippen molar-refractivity contribution >= 4 is 17.3 Å². The van der Waals surface area contributed by atoms with Gasteiger partial charge in [-0.1, -0.05) is 18.2 Å². The lowest BCUT2D eigenvalue weighted by Gasteiger charge is -2.29. The fourth-order valence-corrected chi connectivity index (χ4v) is 4.36. The zero-order valence-electron chi connectivity index (χ0n) is 17.2. The number of methoxy groups -OCH3 is 2. The van der Waals surface area contributed by atoms with Crippen molar-refractivity contribution < 1.29 is 9.47 Å². The topological polar surface area (TPSA) is 51.5 Å². The second-order valence-electron chi connectivity index (χ2n) is 7.14. The van der Waals surface area contributed by atoms with E-state index in [9.17, 15) is 0 Å². The number of rotatable bonds is 8. The molecule has 3 aromatic rings. The van der Waals surface area contributed by atoms with Gasteiger partial charge in [-0.2, -0.15) is 0 Å². The van der Waals surface area contributed by atoms with E-state index in [0.717, 1.165) is 40.9 Å². The Balaban J connectivity index is 1.78. The highest BCUT2D eigenvalue weighted by Crippen LogP contribution is 2.40. The molecule has 2 atom stereocenters. The maximum Gasteiger partial charge on any atom is 0.170 e. The van der Waals surface area contributed by atoms with Crippen LogP contribution in [-0.2, 0) is 4.74 Å². The van der Waals surface area contributed by atoms with Crippen LogP contribution in [0.5, 0.6) is 5.75 Å². The molecule has 2 unspecified atom stereocenters. The maximum absolute atomic E-state index is 5.74. The van der Waals surface area contributed by atoms with Crippen molar-refractivity contribution in [2.24, 2.45) is 0 Å². The van der Waals surface area contributed by atoms with Crippen molar-refractivity contribution in [1.82, 2.24) is 19.8 Å². The molecule has 1 fully saturated rings. The zero-order valence-corrected chi connectivity index (χ0v) is 18.0. The van der Waals surface area contributed by atoms with Crippen LogP contribution in [0.2, 0.25) is 0 Å². The van der Waals surface area contributed by atoms with E-state index in [-0.39, 0.29) is 12.1 Å². The van der Waals surface area contributed by atoms with E-state index < -0.39 is 0 Å². The van der Waals surface area contributed by atoms with Gasteiger partial charge in [-0.05, 0) is 55.0 Å². The number of nitrogens with one attached hydrogen (secondary N) is 1. The van der Waals surface area contributed by atoms with Gasteiger partial charge < -0.3 is 24.3 Å². The molecule has 7 heteroatoms. The Morgan fingerprint density at radius 3 is 2.67 bits per heavy atom. The Morgan fingerprint density at radius 1 is 1.07 bits per heavy atom. The third-order valence-corrected chi connectivity index (χ3v) is 5.73. The molecule has 6 nitrogen and oxygen atoms in total. The molecule has 0 aliphatic carbocycles. The minimum atomic E-state index is -0.0513. The lowest BCUT2D eigenvalue weighted by Crippen LogP contribution is -2.32. The standard InChI is InChI=1S/C23H26N4O2S/c1-28-16-8-15-27-22(21(25-23(27)30)17-9-5-6-13-24-17)19-11-7-14-26(19)18-10-3-4-12-20(18)29-2/h3-7,9-14,21-22H,8,15-16H2,1-2H3,(H,25,30). The first-order valence-electron chi connectivity index (χ1n) is 10.0. The first-order valence-corrected chi connectivity index (χ1v) is 10.4. The number of ether oxygens (including phenoxy) is 2. The predicted octanol–water partition coefficient (Wildman–Crippen LogP) is 3.89. The minimum absolute atomic E-state index is 0.0100. The van der Waals surface area contributed by atoms with E-state index >= 15 is 0 Å². The number of thiocarbonyl (C=S) groups is 1. The second kappa shape index (κ2) is 9.28. The van der Waals surface area contributed by atoms with Gasteiger partial charge in [-0.3, -0.25) is 4.98 Å². The summed E-state index contributed by atoms with van der Waals surface area (Å²) in [5, 5.41) is 4.24. The highest BCUT2D eigenvalue weighted by molar-refractivity contribution is 7.80. The van der Waals surface area contributed by atoms with Gasteiger partial charge in [0, 0.05) is 38.3 Å². The first-order chi connectivity index (χ1) is 14.7. The maximum atomic E-state index is 5.74. The van der Waals surface area contributed by atoms with Crippen LogP contribution in [0.25, 0.3) is 5.69 Å². The zero-order chi connectivity index (χ0) is 20.9. The fourth-order valence-electron chi connectivity index (χ4n) is 4.03. The molecule has 4 rings (SSSR count). The van der Waals surface area contributed by atoms with Gasteiger partial charge in [-0.15, -0.1) is 0 Å². The van der Waals surface area contributed by atoms with Gasteiger partial charge in [0.05, 0.1) is 30.6 Å². The SMILES string of the molecule is COCCCN1C(=S)NC(c2ccccn2)C1c1cccn1-c1ccccc1OC. The molecule has 1 aliphatic heterocycles. The largest absolute Gasteiger partial charge is 0.495 e. The molecule has 0 bridgehead atoms. The van der Waals surface area contributed by atoms with Crippen molar-refractivity contribution in [2.45, 2.75) is 18.5 Å². The van der Waals surface area contributed by atoms with E-state index in [1.807, 2.05) is 42.6 Å². The molecule has 1 N–H and O–H groups in total. The molecule has 2 aromatic heterocycles. The molecule has 1 saturated heterocycles. The summed E-state index contributed by atoms with van der Waals surface area (Å²) in [4.78, 5) is 6.86. The number of para-hydroxylation sites is 2. The van der Waals surface area contributed by atoms with E-state index in [4.69, 9.17) is 21.7 Å². The monoisotopic (exact) mass is 422 g/mol. The molecule has 0 radical (unpaired) electrons. The summed E-state index contributed by atoms with van der Waals surface area (Å²) in [7, 11) is 3.42. The van der Waals surface area contributed by atoms with Crippen LogP contribution in [0.1, 0.15) is 29.9 Å². The number of benzene rings is 1. The number of nitrogens with zero attached hydrogens (tertiary/aromatic N) is 3. The van der Waals surface area contributed by atoms with Crippen molar-refractivity contribution in [1.29, 1.82) is 0 Å². The first kappa shape index (κ1) is 20.4. The molecule has 0 amide bonds. The van der Waals surface area contributed by atoms with Gasteiger partial charge in [0.15, 0.2) is 5.11 Å². The quantitative estimate of drug-likeness (QED) is 0.439. The minimum Gasteiger partial charge on any atom is -0.495 e. The summed E-state index contributed by atoms with van der Waals surface area (Å²) in [5.41, 5.74) is 3.08. The van der Waals surface area contributed by atoms with Crippen LogP contribution < -0.4 is 10.1 Å². The van der Waals surface area contributed by atoms with E-state index in [0.29, 0.717) is 6.61 Å². The fraction of sp³-hybridized carbons (Fsp3) is 0.304. The van der Waals surface area contributed by atoms with Crippen molar-refractivity contribution in [3.63, 3.8) is 0 Å². The van der Waals surface area contributed by atoms with Crippen LogP contribution in [-0.4, -0.2) is 46.9 Å². The lowest BCUT2D eigenvalue weighted by atomic mass is 10.0. The van der Waals surface area contributed by atoms with Gasteiger partial charge >= 0.3 is 0 Å². The number of hydrogen-bond donors (Lipinski definition) is 1. The Hall–Kier alpha value is -2.90. The molecule has 1 aromatic carbocycles. The molecule has 0 saturated carbocycles. The summed E-state index contributed by atoms with van der Waals surface area (Å²) in [6, 6.07) is 18.2. The van der Waals surface area contributed by atoms with Crippen LogP contribution in [0.3, 0.4) is 0 Å². The molecular formula is C23H26N4O2S. The van der Waals surface area contributed by atoms with Gasteiger partial charge in [0.25, 0.3) is 0 Å². The average Bonchev–Trinajstić information content (AvgIpc) is 3.39. The summed E-state index contributed by atoms with van der Waals surface area (Å²) in [5.74, 6) is 0.823. The molecule has 1 aliphatic rings. The summed E-state index contributed by atoms with van der Waals surface area (Å²) < 4.78 is 13.1. The van der Waals surface area contributed by atoms with Crippen molar-refractivity contribution in [3.8, 4) is 11.4 Å². The number of aromatic nitrogens is 2. The molecule has 0 spiro atoms. The molecule has 156 valence electrons.